The van der Waals surface area contributed by atoms with Crippen LogP contribution in [0.1, 0.15) is 44.0 Å². The molecule has 0 aliphatic heterocycles. The van der Waals surface area contributed by atoms with Crippen LogP contribution in [-0.4, -0.2) is 27.7 Å². The lowest BCUT2D eigenvalue weighted by Crippen LogP contribution is -2.41. The lowest BCUT2D eigenvalue weighted by Gasteiger charge is -2.29. The maximum absolute atomic E-state index is 12.0. The first-order chi connectivity index (χ1) is 9.54. The van der Waals surface area contributed by atoms with Gasteiger partial charge in [-0.1, -0.05) is 31.5 Å². The second-order valence-corrected chi connectivity index (χ2v) is 6.60. The van der Waals surface area contributed by atoms with E-state index in [9.17, 15) is 4.79 Å². The number of carbonyl (C=O) groups excluding carboxylic acids is 1. The number of rotatable bonds is 4. The van der Waals surface area contributed by atoms with Crippen LogP contribution in [0, 0.1) is 19.8 Å². The molecule has 0 spiro atoms. The minimum Gasteiger partial charge on any atom is -0.352 e. The summed E-state index contributed by atoms with van der Waals surface area (Å²) in [6.45, 7) is 6.12. The lowest BCUT2D eigenvalue weighted by molar-refractivity contribution is -0.119. The van der Waals surface area contributed by atoms with Crippen LogP contribution < -0.4 is 5.32 Å². The van der Waals surface area contributed by atoms with E-state index >= 15 is 0 Å². The van der Waals surface area contributed by atoms with Gasteiger partial charge in [-0.25, -0.2) is 9.97 Å². The molecule has 1 aromatic rings. The number of thioether (sulfide) groups is 1. The molecule has 1 aliphatic rings. The van der Waals surface area contributed by atoms with Crippen molar-refractivity contribution in [2.75, 3.05) is 5.75 Å². The Morgan fingerprint density at radius 3 is 2.60 bits per heavy atom. The van der Waals surface area contributed by atoms with Gasteiger partial charge in [-0.2, -0.15) is 0 Å². The summed E-state index contributed by atoms with van der Waals surface area (Å²) in [6, 6.07) is 2.28. The van der Waals surface area contributed by atoms with E-state index in [1.165, 1.54) is 31.0 Å². The van der Waals surface area contributed by atoms with E-state index in [1.807, 2.05) is 19.9 Å². The summed E-state index contributed by atoms with van der Waals surface area (Å²) in [5, 5.41) is 3.84. The molecule has 2 rings (SSSR count). The molecular weight excluding hydrogens is 270 g/mol. The predicted octanol–water partition coefficient (Wildman–Crippen LogP) is 2.88. The number of nitrogens with zero attached hydrogens (tertiary/aromatic N) is 2. The Labute approximate surface area is 125 Å². The van der Waals surface area contributed by atoms with Crippen LogP contribution in [0.25, 0.3) is 0 Å². The summed E-state index contributed by atoms with van der Waals surface area (Å²) in [4.78, 5) is 20.7. The van der Waals surface area contributed by atoms with Crippen molar-refractivity contribution in [3.05, 3.63) is 17.5 Å². The molecule has 0 aromatic carbocycles. The third-order valence-electron chi connectivity index (χ3n) is 3.75. The zero-order valence-corrected chi connectivity index (χ0v) is 13.3. The lowest BCUT2D eigenvalue weighted by atomic mass is 9.86. The quantitative estimate of drug-likeness (QED) is 0.685. The molecule has 4 nitrogen and oxygen atoms in total. The monoisotopic (exact) mass is 293 g/mol. The van der Waals surface area contributed by atoms with Crippen LogP contribution in [0.4, 0.5) is 0 Å². The third-order valence-corrected chi connectivity index (χ3v) is 4.60. The van der Waals surface area contributed by atoms with Crippen molar-refractivity contribution in [1.82, 2.24) is 15.3 Å². The molecule has 0 radical (unpaired) electrons. The highest BCUT2D eigenvalue weighted by Crippen LogP contribution is 2.24. The van der Waals surface area contributed by atoms with Gasteiger partial charge in [0.05, 0.1) is 5.75 Å². The fourth-order valence-electron chi connectivity index (χ4n) is 2.67. The largest absolute Gasteiger partial charge is 0.352 e. The summed E-state index contributed by atoms with van der Waals surface area (Å²) < 4.78 is 0. The number of amides is 1. The molecule has 1 aromatic heterocycles. The average molecular weight is 293 g/mol. The second-order valence-electron chi connectivity index (χ2n) is 5.66. The third kappa shape index (κ3) is 4.47. The van der Waals surface area contributed by atoms with Gasteiger partial charge < -0.3 is 5.32 Å². The Bertz CT molecular complexity index is 458. The van der Waals surface area contributed by atoms with Gasteiger partial charge >= 0.3 is 0 Å². The number of aromatic nitrogens is 2. The van der Waals surface area contributed by atoms with Crippen LogP contribution in [0.5, 0.6) is 0 Å². The number of carbonyl (C=O) groups is 1. The first-order valence-corrected chi connectivity index (χ1v) is 8.27. The van der Waals surface area contributed by atoms with Gasteiger partial charge in [0.2, 0.25) is 5.91 Å². The molecule has 5 heteroatoms. The van der Waals surface area contributed by atoms with Gasteiger partial charge in [0, 0.05) is 17.4 Å². The van der Waals surface area contributed by atoms with Gasteiger partial charge in [-0.15, -0.1) is 0 Å². The van der Waals surface area contributed by atoms with Crippen LogP contribution in [0.2, 0.25) is 0 Å². The fourth-order valence-corrected chi connectivity index (χ4v) is 3.43. The molecule has 20 heavy (non-hydrogen) atoms. The smallest absolute Gasteiger partial charge is 0.230 e. The fraction of sp³-hybridized carbons (Fsp3) is 0.667. The van der Waals surface area contributed by atoms with Crippen molar-refractivity contribution in [3.8, 4) is 0 Å². The first-order valence-electron chi connectivity index (χ1n) is 7.29. The van der Waals surface area contributed by atoms with Crippen molar-refractivity contribution < 1.29 is 4.79 Å². The molecule has 1 aliphatic carbocycles. The molecule has 1 saturated carbocycles. The standard InChI is InChI=1S/C15H23N3OS/c1-10-6-4-5-7-13(10)18-14(19)9-20-15-16-11(2)8-12(3)17-15/h8,10,13H,4-7,9H2,1-3H3,(H,18,19)/t10-,13+/m0/s1. The van der Waals surface area contributed by atoms with Gasteiger partial charge in [-0.05, 0) is 38.7 Å². The molecule has 0 bridgehead atoms. The van der Waals surface area contributed by atoms with Crippen molar-refractivity contribution in [2.24, 2.45) is 5.92 Å². The number of nitrogens with one attached hydrogen (secondary N) is 1. The number of hydrogen-bond acceptors (Lipinski definition) is 4. The number of hydrogen-bond donors (Lipinski definition) is 1. The van der Waals surface area contributed by atoms with E-state index in [1.54, 1.807) is 0 Å². The van der Waals surface area contributed by atoms with Crippen molar-refractivity contribution >= 4 is 17.7 Å². The Hall–Kier alpha value is -1.10. The van der Waals surface area contributed by atoms with Crippen LogP contribution in [-0.2, 0) is 4.79 Å². The van der Waals surface area contributed by atoms with Crippen LogP contribution >= 0.6 is 11.8 Å². The normalized spacial score (nSPS) is 22.6. The predicted molar refractivity (Wildman–Crippen MR) is 81.8 cm³/mol. The summed E-state index contributed by atoms with van der Waals surface area (Å²) in [5.74, 6) is 1.08. The van der Waals surface area contributed by atoms with Crippen molar-refractivity contribution in [3.63, 3.8) is 0 Å². The van der Waals surface area contributed by atoms with E-state index in [4.69, 9.17) is 0 Å². The highest BCUT2D eigenvalue weighted by atomic mass is 32.2. The summed E-state index contributed by atoms with van der Waals surface area (Å²) >= 11 is 1.41. The Balaban J connectivity index is 1.82. The van der Waals surface area contributed by atoms with E-state index in [-0.39, 0.29) is 5.91 Å². The Kier molecular flexibility index (Phi) is 5.40. The van der Waals surface area contributed by atoms with E-state index in [2.05, 4.69) is 22.2 Å². The molecule has 1 amide bonds. The Morgan fingerprint density at radius 2 is 1.95 bits per heavy atom. The van der Waals surface area contributed by atoms with Crippen molar-refractivity contribution in [1.29, 1.82) is 0 Å². The molecule has 1 heterocycles. The zero-order chi connectivity index (χ0) is 14.5. The van der Waals surface area contributed by atoms with E-state index in [0.717, 1.165) is 17.8 Å². The van der Waals surface area contributed by atoms with Gasteiger partial charge in [-0.3, -0.25) is 4.79 Å². The SMILES string of the molecule is Cc1cc(C)nc(SCC(=O)N[C@@H]2CCCC[C@@H]2C)n1. The molecule has 0 unspecified atom stereocenters. The number of aryl methyl sites for hydroxylation is 2. The first kappa shape index (κ1) is 15.3. The van der Waals surface area contributed by atoms with Crippen molar-refractivity contribution in [2.45, 2.75) is 57.7 Å². The van der Waals surface area contributed by atoms with E-state index < -0.39 is 0 Å². The topological polar surface area (TPSA) is 54.9 Å². The zero-order valence-electron chi connectivity index (χ0n) is 12.5. The van der Waals surface area contributed by atoms with Crippen LogP contribution in [0.15, 0.2) is 11.2 Å². The summed E-state index contributed by atoms with van der Waals surface area (Å²) in [5.41, 5.74) is 1.89. The summed E-state index contributed by atoms with van der Waals surface area (Å²) in [6.07, 6.45) is 4.84. The highest BCUT2D eigenvalue weighted by molar-refractivity contribution is 7.99. The molecule has 1 fully saturated rings. The second kappa shape index (κ2) is 7.07. The Morgan fingerprint density at radius 1 is 1.30 bits per heavy atom. The van der Waals surface area contributed by atoms with E-state index in [0.29, 0.717) is 22.9 Å². The molecule has 0 saturated heterocycles. The van der Waals surface area contributed by atoms with Gasteiger partial charge in [0.15, 0.2) is 5.16 Å². The minimum atomic E-state index is 0.0940. The molecule has 1 N–H and O–H groups in total. The van der Waals surface area contributed by atoms with Gasteiger partial charge in [0.25, 0.3) is 0 Å². The van der Waals surface area contributed by atoms with Gasteiger partial charge in [0.1, 0.15) is 0 Å². The summed E-state index contributed by atoms with van der Waals surface area (Å²) in [7, 11) is 0. The van der Waals surface area contributed by atoms with Crippen LogP contribution in [0.3, 0.4) is 0 Å². The minimum absolute atomic E-state index is 0.0940. The average Bonchev–Trinajstić information content (AvgIpc) is 2.38. The maximum Gasteiger partial charge on any atom is 0.230 e. The maximum atomic E-state index is 12.0. The molecule has 2 atom stereocenters. The molecular formula is C15H23N3OS. The molecule has 110 valence electrons. The highest BCUT2D eigenvalue weighted by Gasteiger charge is 2.22.